The normalized spacial score (nSPS) is 27.9. The van der Waals surface area contributed by atoms with Gasteiger partial charge in [-0.25, -0.2) is 0 Å². The summed E-state index contributed by atoms with van der Waals surface area (Å²) < 4.78 is 11.4. The molecule has 3 rings (SSSR count). The lowest BCUT2D eigenvalue weighted by Crippen LogP contribution is -2.15. The van der Waals surface area contributed by atoms with Gasteiger partial charge in [0.05, 0.1) is 13.2 Å². The Kier molecular flexibility index (Phi) is 4.42. The Morgan fingerprint density at radius 2 is 1.85 bits per heavy atom. The van der Waals surface area contributed by atoms with E-state index in [0.717, 1.165) is 31.5 Å². The highest BCUT2D eigenvalue weighted by molar-refractivity contribution is 5.39. The molecule has 0 radical (unpaired) electrons. The smallest absolute Gasteiger partial charge is 0.184 e. The highest BCUT2D eigenvalue weighted by Gasteiger charge is 2.26. The first-order valence-electron chi connectivity index (χ1n) is 8.14. The third kappa shape index (κ3) is 2.77. The Morgan fingerprint density at radius 3 is 2.55 bits per heavy atom. The topological polar surface area (TPSA) is 18.5 Å². The molecule has 2 atom stereocenters. The van der Waals surface area contributed by atoms with E-state index in [2.05, 4.69) is 32.0 Å². The fraction of sp³-hybridized carbons (Fsp3) is 0.667. The number of hydrogen-bond acceptors (Lipinski definition) is 2. The molecule has 1 aliphatic carbocycles. The van der Waals surface area contributed by atoms with Gasteiger partial charge < -0.3 is 9.47 Å². The molecule has 1 heterocycles. The Labute approximate surface area is 122 Å². The van der Waals surface area contributed by atoms with Crippen molar-refractivity contribution in [1.29, 1.82) is 0 Å². The van der Waals surface area contributed by atoms with E-state index in [9.17, 15) is 0 Å². The van der Waals surface area contributed by atoms with Crippen LogP contribution in [0.1, 0.15) is 68.4 Å². The zero-order chi connectivity index (χ0) is 13.9. The Balaban J connectivity index is 1.91. The van der Waals surface area contributed by atoms with Crippen molar-refractivity contribution >= 4 is 0 Å². The van der Waals surface area contributed by atoms with E-state index in [1.807, 2.05) is 0 Å². The molecule has 20 heavy (non-hydrogen) atoms. The van der Waals surface area contributed by atoms with E-state index in [1.165, 1.54) is 36.8 Å². The number of benzene rings is 1. The van der Waals surface area contributed by atoms with Crippen molar-refractivity contribution in [2.45, 2.75) is 58.2 Å². The van der Waals surface area contributed by atoms with Crippen molar-refractivity contribution < 1.29 is 9.47 Å². The molecule has 0 bridgehead atoms. The highest BCUT2D eigenvalue weighted by Crippen LogP contribution is 2.39. The minimum Gasteiger partial charge on any atom is -0.346 e. The molecular formula is C18H26O2. The van der Waals surface area contributed by atoms with E-state index in [1.54, 1.807) is 5.56 Å². The van der Waals surface area contributed by atoms with Gasteiger partial charge >= 0.3 is 0 Å². The van der Waals surface area contributed by atoms with Crippen molar-refractivity contribution in [1.82, 2.24) is 0 Å². The van der Waals surface area contributed by atoms with Crippen LogP contribution in [0, 0.1) is 5.92 Å². The summed E-state index contributed by atoms with van der Waals surface area (Å²) in [6.45, 7) is 6.09. The van der Waals surface area contributed by atoms with Crippen LogP contribution in [-0.4, -0.2) is 13.2 Å². The van der Waals surface area contributed by atoms with E-state index in [4.69, 9.17) is 9.47 Å². The first kappa shape index (κ1) is 14.1. The van der Waals surface area contributed by atoms with E-state index in [-0.39, 0.29) is 6.29 Å². The van der Waals surface area contributed by atoms with Crippen LogP contribution in [0.3, 0.4) is 0 Å². The van der Waals surface area contributed by atoms with Gasteiger partial charge in [-0.05, 0) is 42.2 Å². The van der Waals surface area contributed by atoms with Crippen molar-refractivity contribution in [3.8, 4) is 0 Å². The molecule has 1 aromatic rings. The van der Waals surface area contributed by atoms with Crippen LogP contribution in [-0.2, 0) is 15.9 Å². The molecule has 110 valence electrons. The lowest BCUT2D eigenvalue weighted by atomic mass is 9.76. The minimum atomic E-state index is -0.133. The van der Waals surface area contributed by atoms with Crippen LogP contribution in [0.15, 0.2) is 18.2 Å². The van der Waals surface area contributed by atoms with E-state index in [0.29, 0.717) is 0 Å². The number of ether oxygens (including phenoxy) is 2. The molecule has 2 nitrogen and oxygen atoms in total. The summed E-state index contributed by atoms with van der Waals surface area (Å²) in [6, 6.07) is 6.71. The zero-order valence-electron chi connectivity index (χ0n) is 12.7. The predicted molar refractivity (Wildman–Crippen MR) is 80.8 cm³/mol. The second kappa shape index (κ2) is 6.28. The molecule has 1 aliphatic heterocycles. The van der Waals surface area contributed by atoms with E-state index >= 15 is 0 Å². The summed E-state index contributed by atoms with van der Waals surface area (Å²) in [6.07, 6.45) is 6.38. The Hall–Kier alpha value is -0.860. The van der Waals surface area contributed by atoms with Gasteiger partial charge in [-0.1, -0.05) is 44.9 Å². The average molecular weight is 274 g/mol. The van der Waals surface area contributed by atoms with Crippen molar-refractivity contribution in [2.24, 2.45) is 5.92 Å². The van der Waals surface area contributed by atoms with Gasteiger partial charge in [0.25, 0.3) is 0 Å². The molecule has 1 saturated carbocycles. The zero-order valence-corrected chi connectivity index (χ0v) is 12.7. The van der Waals surface area contributed by atoms with Crippen molar-refractivity contribution in [2.75, 3.05) is 13.2 Å². The molecule has 0 spiro atoms. The molecule has 0 amide bonds. The summed E-state index contributed by atoms with van der Waals surface area (Å²) in [5, 5.41) is 0. The Morgan fingerprint density at radius 1 is 1.10 bits per heavy atom. The largest absolute Gasteiger partial charge is 0.346 e. The Bertz CT molecular complexity index is 449. The molecular weight excluding hydrogens is 248 g/mol. The lowest BCUT2D eigenvalue weighted by molar-refractivity contribution is -0.0447. The predicted octanol–water partition coefficient (Wildman–Crippen LogP) is 4.59. The molecule has 2 unspecified atom stereocenters. The maximum absolute atomic E-state index is 5.72. The summed E-state index contributed by atoms with van der Waals surface area (Å²) in [7, 11) is 0. The summed E-state index contributed by atoms with van der Waals surface area (Å²) >= 11 is 0. The van der Waals surface area contributed by atoms with Crippen molar-refractivity contribution in [3.63, 3.8) is 0 Å². The van der Waals surface area contributed by atoms with Gasteiger partial charge in [0.1, 0.15) is 0 Å². The van der Waals surface area contributed by atoms with Crippen LogP contribution in [0.25, 0.3) is 0 Å². The number of rotatable bonds is 3. The second-order valence-electron chi connectivity index (χ2n) is 6.31. The van der Waals surface area contributed by atoms with Gasteiger partial charge in [-0.2, -0.15) is 0 Å². The minimum absolute atomic E-state index is 0.133. The maximum atomic E-state index is 5.72. The average Bonchev–Trinajstić information content (AvgIpc) is 3.00. The van der Waals surface area contributed by atoms with Crippen LogP contribution in [0.2, 0.25) is 0 Å². The fourth-order valence-electron chi connectivity index (χ4n) is 3.89. The molecule has 1 saturated heterocycles. The van der Waals surface area contributed by atoms with Gasteiger partial charge in [0.15, 0.2) is 6.29 Å². The molecule has 2 fully saturated rings. The molecule has 1 aromatic carbocycles. The quantitative estimate of drug-likeness (QED) is 0.802. The maximum Gasteiger partial charge on any atom is 0.184 e. The lowest BCUT2D eigenvalue weighted by Gasteiger charge is -2.29. The van der Waals surface area contributed by atoms with Crippen molar-refractivity contribution in [3.05, 3.63) is 34.9 Å². The summed E-state index contributed by atoms with van der Waals surface area (Å²) in [5.74, 6) is 1.59. The third-order valence-corrected chi connectivity index (χ3v) is 4.85. The molecule has 2 heteroatoms. The van der Waals surface area contributed by atoms with Crippen LogP contribution in [0.5, 0.6) is 0 Å². The number of hydrogen-bond donors (Lipinski definition) is 0. The first-order chi connectivity index (χ1) is 9.79. The first-order valence-corrected chi connectivity index (χ1v) is 8.14. The van der Waals surface area contributed by atoms with Crippen LogP contribution in [0.4, 0.5) is 0 Å². The standard InChI is InChI=1S/C18H26O2/c1-3-15-16(14-7-4-6-13(2)12-14)8-5-9-17(15)18-19-10-11-20-18/h5,8-9,13-14,18H,3-4,6-7,10-12H2,1-2H3. The van der Waals surface area contributed by atoms with Gasteiger partial charge in [-0.15, -0.1) is 0 Å². The molecule has 0 N–H and O–H groups in total. The fourth-order valence-corrected chi connectivity index (χ4v) is 3.89. The third-order valence-electron chi connectivity index (χ3n) is 4.85. The molecule has 2 aliphatic rings. The van der Waals surface area contributed by atoms with Gasteiger partial charge in [0, 0.05) is 5.56 Å². The summed E-state index contributed by atoms with van der Waals surface area (Å²) in [4.78, 5) is 0. The SMILES string of the molecule is CCc1c(C2CCCC(C)C2)cccc1C1OCCO1. The van der Waals surface area contributed by atoms with E-state index < -0.39 is 0 Å². The molecule has 0 aromatic heterocycles. The van der Waals surface area contributed by atoms with Gasteiger partial charge in [-0.3, -0.25) is 0 Å². The van der Waals surface area contributed by atoms with Crippen LogP contribution >= 0.6 is 0 Å². The summed E-state index contributed by atoms with van der Waals surface area (Å²) in [5.41, 5.74) is 4.29. The van der Waals surface area contributed by atoms with Gasteiger partial charge in [0.2, 0.25) is 0 Å². The highest BCUT2D eigenvalue weighted by atomic mass is 16.7. The van der Waals surface area contributed by atoms with Crippen LogP contribution < -0.4 is 0 Å². The second-order valence-corrected chi connectivity index (χ2v) is 6.31. The monoisotopic (exact) mass is 274 g/mol.